The Bertz CT molecular complexity index is 656. The van der Waals surface area contributed by atoms with Crippen LogP contribution < -0.4 is 10.6 Å². The maximum Gasteiger partial charge on any atom is 0.320 e. The molecule has 0 spiro atoms. The van der Waals surface area contributed by atoms with Gasteiger partial charge >= 0.3 is 6.03 Å². The summed E-state index contributed by atoms with van der Waals surface area (Å²) in [7, 11) is 1.61. The number of carbonyl (C=O) groups is 3. The summed E-state index contributed by atoms with van der Waals surface area (Å²) in [5, 5.41) is 5.52. The van der Waals surface area contributed by atoms with Gasteiger partial charge in [0.1, 0.15) is 0 Å². The fourth-order valence-electron chi connectivity index (χ4n) is 3.28. The van der Waals surface area contributed by atoms with Crippen molar-refractivity contribution in [2.45, 2.75) is 33.1 Å². The van der Waals surface area contributed by atoms with Crippen LogP contribution in [0.4, 0.5) is 10.5 Å². The molecule has 0 radical (unpaired) electrons. The molecular weight excluding hydrogens is 344 g/mol. The molecule has 1 atom stereocenters. The summed E-state index contributed by atoms with van der Waals surface area (Å²) in [6.45, 7) is 6.42. The minimum absolute atomic E-state index is 0.0102. The minimum atomic E-state index is -0.205. The van der Waals surface area contributed by atoms with E-state index in [1.165, 1.54) is 0 Å². The van der Waals surface area contributed by atoms with Gasteiger partial charge in [0.15, 0.2) is 0 Å². The zero-order chi connectivity index (χ0) is 19.8. The Balaban J connectivity index is 1.93. The highest BCUT2D eigenvalue weighted by atomic mass is 16.2. The first-order valence-corrected chi connectivity index (χ1v) is 9.62. The Kier molecular flexibility index (Phi) is 7.64. The van der Waals surface area contributed by atoms with Gasteiger partial charge in [0.2, 0.25) is 11.8 Å². The van der Waals surface area contributed by atoms with E-state index >= 15 is 0 Å². The number of hydrogen-bond acceptors (Lipinski definition) is 3. The molecule has 4 amide bonds. The van der Waals surface area contributed by atoms with E-state index in [9.17, 15) is 14.4 Å². The average Bonchev–Trinajstić information content (AvgIpc) is 2.70. The van der Waals surface area contributed by atoms with Gasteiger partial charge in [0.25, 0.3) is 0 Å². The van der Waals surface area contributed by atoms with E-state index in [1.54, 1.807) is 29.0 Å². The van der Waals surface area contributed by atoms with Crippen LogP contribution in [0.3, 0.4) is 0 Å². The van der Waals surface area contributed by atoms with Gasteiger partial charge in [-0.3, -0.25) is 9.59 Å². The van der Waals surface area contributed by atoms with Crippen molar-refractivity contribution in [3.05, 3.63) is 29.8 Å². The molecule has 1 aromatic carbocycles. The predicted octanol–water partition coefficient (Wildman–Crippen LogP) is 2.09. The predicted molar refractivity (Wildman–Crippen MR) is 105 cm³/mol. The van der Waals surface area contributed by atoms with Crippen LogP contribution in [-0.2, 0) is 16.0 Å². The number of nitrogens with one attached hydrogen (secondary N) is 2. The quantitative estimate of drug-likeness (QED) is 0.800. The van der Waals surface area contributed by atoms with Crippen molar-refractivity contribution in [3.8, 4) is 0 Å². The maximum atomic E-state index is 12.6. The average molecular weight is 374 g/mol. The van der Waals surface area contributed by atoms with Gasteiger partial charge in [-0.2, -0.15) is 0 Å². The van der Waals surface area contributed by atoms with E-state index in [2.05, 4.69) is 10.6 Å². The van der Waals surface area contributed by atoms with Crippen LogP contribution in [0.1, 0.15) is 32.3 Å². The summed E-state index contributed by atoms with van der Waals surface area (Å²) in [6.07, 6.45) is 1.93. The van der Waals surface area contributed by atoms with Crippen LogP contribution in [0.5, 0.6) is 0 Å². The zero-order valence-corrected chi connectivity index (χ0v) is 16.5. The molecule has 1 aliphatic rings. The fraction of sp³-hybridized carbons (Fsp3) is 0.550. The van der Waals surface area contributed by atoms with Crippen molar-refractivity contribution in [1.82, 2.24) is 15.1 Å². The number of piperidine rings is 1. The monoisotopic (exact) mass is 374 g/mol. The standard InChI is InChI=1S/C20H30N4O3/c1-4-23(5-2)20(27)24-12-6-7-16(14-24)19(26)22-17-10-8-15(9-11-17)13-18(25)21-3/h8-11,16H,4-7,12-14H2,1-3H3,(H,21,25)(H,22,26)/t16-/m0/s1. The number of nitrogens with zero attached hydrogens (tertiary/aromatic N) is 2. The van der Waals surface area contributed by atoms with Gasteiger partial charge in [0.05, 0.1) is 12.3 Å². The SMILES string of the molecule is CCN(CC)C(=O)N1CCC[C@H](C(=O)Nc2ccc(CC(=O)NC)cc2)C1. The lowest BCUT2D eigenvalue weighted by Gasteiger charge is -2.35. The lowest BCUT2D eigenvalue weighted by atomic mass is 9.97. The molecule has 0 unspecified atom stereocenters. The summed E-state index contributed by atoms with van der Waals surface area (Å²) in [5.74, 6) is -0.318. The summed E-state index contributed by atoms with van der Waals surface area (Å²) in [6, 6.07) is 7.29. The van der Waals surface area contributed by atoms with Gasteiger partial charge in [-0.05, 0) is 44.4 Å². The van der Waals surface area contributed by atoms with Gasteiger partial charge in [-0.1, -0.05) is 12.1 Å². The number of amides is 4. The van der Waals surface area contributed by atoms with Gasteiger partial charge in [-0.15, -0.1) is 0 Å². The number of anilines is 1. The van der Waals surface area contributed by atoms with E-state index in [1.807, 2.05) is 26.0 Å². The lowest BCUT2D eigenvalue weighted by Crippen LogP contribution is -2.49. The van der Waals surface area contributed by atoms with Gasteiger partial charge < -0.3 is 20.4 Å². The minimum Gasteiger partial charge on any atom is -0.359 e. The summed E-state index contributed by atoms with van der Waals surface area (Å²) < 4.78 is 0. The van der Waals surface area contributed by atoms with Crippen molar-refractivity contribution in [3.63, 3.8) is 0 Å². The second-order valence-corrected chi connectivity index (χ2v) is 6.78. The highest BCUT2D eigenvalue weighted by molar-refractivity contribution is 5.93. The van der Waals surface area contributed by atoms with Crippen molar-refractivity contribution in [1.29, 1.82) is 0 Å². The molecular formula is C20H30N4O3. The summed E-state index contributed by atoms with van der Waals surface area (Å²) in [5.41, 5.74) is 1.59. The van der Waals surface area contributed by atoms with Crippen molar-refractivity contribution < 1.29 is 14.4 Å². The topological polar surface area (TPSA) is 81.8 Å². The van der Waals surface area contributed by atoms with Crippen LogP contribution in [0, 0.1) is 5.92 Å². The van der Waals surface area contributed by atoms with Crippen molar-refractivity contribution >= 4 is 23.5 Å². The first kappa shape index (κ1) is 20.7. The van der Waals surface area contributed by atoms with Crippen molar-refractivity contribution in [2.75, 3.05) is 38.5 Å². The van der Waals surface area contributed by atoms with E-state index in [-0.39, 0.29) is 23.8 Å². The third-order valence-electron chi connectivity index (χ3n) is 4.96. The Morgan fingerprint density at radius 1 is 1.15 bits per heavy atom. The molecule has 2 rings (SSSR count). The van der Waals surface area contributed by atoms with Crippen LogP contribution >= 0.6 is 0 Å². The molecule has 1 saturated heterocycles. The van der Waals surface area contributed by atoms with Crippen LogP contribution in [0.15, 0.2) is 24.3 Å². The Morgan fingerprint density at radius 3 is 2.41 bits per heavy atom. The Morgan fingerprint density at radius 2 is 1.81 bits per heavy atom. The molecule has 148 valence electrons. The molecule has 0 bridgehead atoms. The second kappa shape index (κ2) is 9.94. The summed E-state index contributed by atoms with van der Waals surface area (Å²) >= 11 is 0. The third-order valence-corrected chi connectivity index (χ3v) is 4.96. The molecule has 27 heavy (non-hydrogen) atoms. The number of carbonyl (C=O) groups excluding carboxylic acids is 3. The van der Waals surface area contributed by atoms with E-state index in [0.29, 0.717) is 38.3 Å². The van der Waals surface area contributed by atoms with Crippen LogP contribution in [0.2, 0.25) is 0 Å². The first-order valence-electron chi connectivity index (χ1n) is 9.62. The molecule has 1 fully saturated rings. The molecule has 0 aliphatic carbocycles. The van der Waals surface area contributed by atoms with E-state index in [4.69, 9.17) is 0 Å². The number of likely N-dealkylation sites (N-methyl/N-ethyl adjacent to an activating group) is 1. The molecule has 1 heterocycles. The molecule has 7 nitrogen and oxygen atoms in total. The molecule has 0 aromatic heterocycles. The van der Waals surface area contributed by atoms with Crippen LogP contribution in [-0.4, -0.2) is 60.9 Å². The second-order valence-electron chi connectivity index (χ2n) is 6.78. The van der Waals surface area contributed by atoms with E-state index in [0.717, 1.165) is 18.4 Å². The normalized spacial score (nSPS) is 16.6. The summed E-state index contributed by atoms with van der Waals surface area (Å²) in [4.78, 5) is 40.1. The number of rotatable bonds is 6. The largest absolute Gasteiger partial charge is 0.359 e. The molecule has 1 aromatic rings. The van der Waals surface area contributed by atoms with Crippen molar-refractivity contribution in [2.24, 2.45) is 5.92 Å². The lowest BCUT2D eigenvalue weighted by molar-refractivity contribution is -0.121. The smallest absolute Gasteiger partial charge is 0.320 e. The molecule has 1 aliphatic heterocycles. The molecule has 7 heteroatoms. The zero-order valence-electron chi connectivity index (χ0n) is 16.5. The van der Waals surface area contributed by atoms with Gasteiger partial charge in [0, 0.05) is 38.9 Å². The molecule has 2 N–H and O–H groups in total. The maximum absolute atomic E-state index is 12.6. The number of likely N-dealkylation sites (tertiary alicyclic amines) is 1. The highest BCUT2D eigenvalue weighted by Gasteiger charge is 2.30. The number of hydrogen-bond donors (Lipinski definition) is 2. The van der Waals surface area contributed by atoms with Gasteiger partial charge in [-0.25, -0.2) is 4.79 Å². The van der Waals surface area contributed by atoms with Crippen LogP contribution in [0.25, 0.3) is 0 Å². The number of benzene rings is 1. The molecule has 0 saturated carbocycles. The van der Waals surface area contributed by atoms with E-state index < -0.39 is 0 Å². The number of urea groups is 1. The third kappa shape index (κ3) is 5.70. The first-order chi connectivity index (χ1) is 13.0. The fourth-order valence-corrected chi connectivity index (χ4v) is 3.28. The Hall–Kier alpha value is -2.57. The Labute approximate surface area is 161 Å². The highest BCUT2D eigenvalue weighted by Crippen LogP contribution is 2.20.